The summed E-state index contributed by atoms with van der Waals surface area (Å²) >= 11 is 7.55. The summed E-state index contributed by atoms with van der Waals surface area (Å²) < 4.78 is 0. The van der Waals surface area contributed by atoms with E-state index in [1.165, 1.54) is 4.90 Å². The number of fused-ring (bicyclic) bond motifs is 1. The first-order valence-corrected chi connectivity index (χ1v) is 11.0. The molecule has 150 valence electrons. The van der Waals surface area contributed by atoms with Crippen LogP contribution in [-0.2, 0) is 33.2 Å². The van der Waals surface area contributed by atoms with Crippen molar-refractivity contribution in [1.29, 1.82) is 0 Å². The van der Waals surface area contributed by atoms with Gasteiger partial charge in [0.2, 0.25) is 5.91 Å². The number of carbonyl (C=O) groups excluding carboxylic acids is 2. The number of rotatable bonds is 5. The van der Waals surface area contributed by atoms with Crippen LogP contribution in [0, 0.1) is 5.92 Å². The quantitative estimate of drug-likeness (QED) is 0.499. The molecule has 2 aliphatic heterocycles. The molecule has 7 nitrogen and oxygen atoms in total. The summed E-state index contributed by atoms with van der Waals surface area (Å²) in [6, 6.07) is 7.89. The van der Waals surface area contributed by atoms with Crippen LogP contribution in [0.2, 0.25) is 0 Å². The fourth-order valence-electron chi connectivity index (χ4n) is 3.37. The topological polar surface area (TPSA) is 132 Å². The number of Topliss-reactive ketones (excluding diaryl/α,β-unsaturated/α-hetero) is 1. The maximum atomic E-state index is 12.4. The average molecular weight is 597 g/mol. The molecule has 2 heterocycles. The van der Waals surface area contributed by atoms with Crippen molar-refractivity contribution >= 4 is 38.7 Å². The number of β-lactam (4-membered cyclic amide) rings is 1. The van der Waals surface area contributed by atoms with Gasteiger partial charge in [-0.2, -0.15) is 0 Å². The fourth-order valence-corrected chi connectivity index (χ4v) is 3.65. The van der Waals surface area contributed by atoms with Crippen LogP contribution in [-0.4, -0.2) is 39.2 Å². The summed E-state index contributed by atoms with van der Waals surface area (Å²) in [5.41, 5.74) is 6.52. The number of amides is 1. The number of hydrogen-bond acceptors (Lipinski definition) is 4. The molecule has 1 aromatic rings. The number of hydrogen-bond donors (Lipinski definition) is 2. The molecule has 10 heteroatoms. The van der Waals surface area contributed by atoms with Crippen molar-refractivity contribution in [2.45, 2.75) is 31.3 Å². The van der Waals surface area contributed by atoms with Crippen LogP contribution >= 0.6 is 21.0 Å². The Labute approximate surface area is 176 Å². The Morgan fingerprint density at radius 1 is 1.30 bits per heavy atom. The summed E-state index contributed by atoms with van der Waals surface area (Å²) in [5, 5.41) is 9.41. The van der Waals surface area contributed by atoms with Crippen molar-refractivity contribution in [3.8, 4) is 0 Å². The Hall–Kier alpha value is -1.24. The van der Waals surface area contributed by atoms with E-state index in [4.69, 9.17) is 17.3 Å². The summed E-state index contributed by atoms with van der Waals surface area (Å²) in [5.74, 6) is -2.34. The number of nitrogens with zero attached hydrogens (tertiary/aromatic N) is 1. The zero-order valence-electron chi connectivity index (χ0n) is 14.0. The predicted molar refractivity (Wildman–Crippen MR) is 96.3 cm³/mol. The van der Waals surface area contributed by atoms with Gasteiger partial charge in [0.25, 0.3) is 0 Å². The van der Waals surface area contributed by atoms with Gasteiger partial charge in [-0.05, 0) is 18.4 Å². The number of nitrogens with two attached hydrogens (primary N) is 1. The van der Waals surface area contributed by atoms with Gasteiger partial charge in [0, 0.05) is 17.5 Å². The number of carbonyl (C=O) groups is 3. The Kier molecular flexibility index (Phi) is 9.12. The third kappa shape index (κ3) is 4.79. The van der Waals surface area contributed by atoms with Crippen LogP contribution < -0.4 is 5.73 Å². The van der Waals surface area contributed by atoms with E-state index in [-0.39, 0.29) is 40.4 Å². The van der Waals surface area contributed by atoms with Crippen molar-refractivity contribution in [3.63, 3.8) is 0 Å². The Balaban J connectivity index is 0.00000118. The van der Waals surface area contributed by atoms with Gasteiger partial charge in [-0.15, -0.1) is 0 Å². The first kappa shape index (κ1) is 23.8. The van der Waals surface area contributed by atoms with E-state index in [1.54, 1.807) is 43.0 Å². The first-order valence-electron chi connectivity index (χ1n) is 7.82. The van der Waals surface area contributed by atoms with Crippen LogP contribution in [0.3, 0.4) is 0 Å². The normalized spacial score (nSPS) is 21.8. The first-order chi connectivity index (χ1) is 12.4. The molecular weight excluding hydrogens is 578 g/mol. The van der Waals surface area contributed by atoms with Gasteiger partial charge >= 0.3 is 34.2 Å². The summed E-state index contributed by atoms with van der Waals surface area (Å²) in [6.45, 7) is 0. The number of halogens is 2. The van der Waals surface area contributed by atoms with Gasteiger partial charge in [-0.25, -0.2) is 4.79 Å². The van der Waals surface area contributed by atoms with E-state index < -0.39 is 17.9 Å². The molecule has 27 heavy (non-hydrogen) atoms. The number of ketones is 1. The van der Waals surface area contributed by atoms with Crippen LogP contribution in [0.25, 0.3) is 0 Å². The van der Waals surface area contributed by atoms with Crippen LogP contribution in [0.15, 0.2) is 41.1 Å². The Bertz CT molecular complexity index is 744. The van der Waals surface area contributed by atoms with Gasteiger partial charge in [-0.3, -0.25) is 9.59 Å². The molecule has 1 amide bonds. The molecule has 1 saturated heterocycles. The number of carboxylic acids is 1. The van der Waals surface area contributed by atoms with Gasteiger partial charge in [-0.1, -0.05) is 41.9 Å². The molecular formula is C17H19Cl2N2O5Pt+. The molecule has 0 aromatic heterocycles. The third-order valence-corrected chi connectivity index (χ3v) is 5.01. The SMILES string of the molecule is N[C@H](C(=O)C[C@@H]1C(=O)N2C(C(=O)O)=C(Cl)CC[C@H]12)c1ccccc1.O.[Cl][Pt+]. The fraction of sp³-hybridized carbons (Fsp3) is 0.353. The minimum absolute atomic E-state index is 0. The third-order valence-electron chi connectivity index (χ3n) is 4.64. The second-order valence-corrected chi connectivity index (χ2v) is 6.49. The van der Waals surface area contributed by atoms with Crippen LogP contribution in [0.4, 0.5) is 0 Å². The van der Waals surface area contributed by atoms with E-state index in [0.29, 0.717) is 18.4 Å². The summed E-state index contributed by atoms with van der Waals surface area (Å²) in [6.07, 6.45) is 0.966. The van der Waals surface area contributed by atoms with E-state index >= 15 is 0 Å². The molecule has 1 aromatic carbocycles. The second kappa shape index (κ2) is 10.3. The zero-order chi connectivity index (χ0) is 19.4. The Morgan fingerprint density at radius 3 is 2.44 bits per heavy atom. The average Bonchev–Trinajstić information content (AvgIpc) is 2.67. The van der Waals surface area contributed by atoms with Crippen molar-refractivity contribution < 1.29 is 43.7 Å². The number of benzene rings is 1. The maximum absolute atomic E-state index is 12.4. The number of allylic oxidation sites excluding steroid dienone is 1. The molecule has 0 saturated carbocycles. The van der Waals surface area contributed by atoms with Crippen molar-refractivity contribution in [2.75, 3.05) is 0 Å². The molecule has 3 rings (SSSR count). The molecule has 2 aliphatic rings. The molecule has 0 unspecified atom stereocenters. The van der Waals surface area contributed by atoms with Crippen molar-refractivity contribution in [2.24, 2.45) is 11.7 Å². The monoisotopic (exact) mass is 596 g/mol. The molecule has 1 fully saturated rings. The van der Waals surface area contributed by atoms with Gasteiger partial charge in [0.05, 0.1) is 12.0 Å². The molecule has 3 atom stereocenters. The van der Waals surface area contributed by atoms with Gasteiger partial charge in [0.1, 0.15) is 5.70 Å². The van der Waals surface area contributed by atoms with Crippen molar-refractivity contribution in [1.82, 2.24) is 4.90 Å². The summed E-state index contributed by atoms with van der Waals surface area (Å²) in [7, 11) is 4.61. The van der Waals surface area contributed by atoms with Crippen LogP contribution in [0.5, 0.6) is 0 Å². The van der Waals surface area contributed by atoms with E-state index in [0.717, 1.165) is 0 Å². The second-order valence-electron chi connectivity index (χ2n) is 6.04. The van der Waals surface area contributed by atoms with E-state index in [2.05, 4.69) is 9.42 Å². The zero-order valence-corrected chi connectivity index (χ0v) is 17.8. The van der Waals surface area contributed by atoms with Gasteiger partial charge < -0.3 is 21.2 Å². The van der Waals surface area contributed by atoms with E-state index in [1.807, 2.05) is 6.07 Å². The number of aliphatic carboxylic acids is 1. The standard InChI is InChI=1S/C17H17ClN2O4.ClH.H2O.Pt/c18-11-6-7-12-10(16(22)20(12)15(11)17(23)24)8-13(21)14(19)9-4-2-1-3-5-9;;;/h1-5,10,12,14H,6-8,19H2,(H,23,24);1H;1H2;/q;;;+2/p-1/t10-,12+,14-;;;/m0.../s1. The number of carboxylic acid groups (broad SMARTS) is 1. The van der Waals surface area contributed by atoms with Crippen molar-refractivity contribution in [3.05, 3.63) is 46.6 Å². The molecule has 0 bridgehead atoms. The molecule has 0 aliphatic carbocycles. The molecule has 0 radical (unpaired) electrons. The minimum atomic E-state index is -1.22. The predicted octanol–water partition coefficient (Wildman–Crippen LogP) is 1.66. The molecule has 0 spiro atoms. The van der Waals surface area contributed by atoms with Crippen LogP contribution in [0.1, 0.15) is 30.9 Å². The summed E-state index contributed by atoms with van der Waals surface area (Å²) in [4.78, 5) is 37.2. The Morgan fingerprint density at radius 2 is 1.89 bits per heavy atom. The van der Waals surface area contributed by atoms with Gasteiger partial charge in [0.15, 0.2) is 5.78 Å². The molecule has 5 N–H and O–H groups in total. The van der Waals surface area contributed by atoms with E-state index in [9.17, 15) is 19.5 Å².